The fraction of sp³-hybridized carbons (Fsp3) is 0. The average molecular weight is 526 g/mol. The van der Waals surface area contributed by atoms with Crippen molar-refractivity contribution in [3.8, 4) is 0 Å². The lowest BCUT2D eigenvalue weighted by Gasteiger charge is -2.27. The van der Waals surface area contributed by atoms with Crippen molar-refractivity contribution in [3.05, 3.63) is 140 Å². The summed E-state index contributed by atoms with van der Waals surface area (Å²) in [7, 11) is 0. The van der Waals surface area contributed by atoms with Crippen LogP contribution in [-0.2, 0) is 0 Å². The van der Waals surface area contributed by atoms with Crippen LogP contribution >= 0.6 is 0 Å². The molecule has 0 aliphatic heterocycles. The standard InChI is InChI=1S/C38H23NO2/c1-2-9-27-24(8-1)16-19-29-28(27)12-7-13-34(29)39(25-17-20-32-30-10-3-5-14-35(30)40-37(32)22-25)26-18-21-33-31-11-4-6-15-36(31)41-38(33)23-26/h1-23H. The molecule has 7 aromatic carbocycles. The summed E-state index contributed by atoms with van der Waals surface area (Å²) in [5, 5.41) is 9.35. The zero-order valence-corrected chi connectivity index (χ0v) is 22.0. The Morgan fingerprint density at radius 2 is 0.854 bits per heavy atom. The van der Waals surface area contributed by atoms with E-state index in [4.69, 9.17) is 8.83 Å². The van der Waals surface area contributed by atoms with Crippen LogP contribution in [0.4, 0.5) is 17.1 Å². The third-order valence-electron chi connectivity index (χ3n) is 8.25. The molecule has 9 rings (SSSR count). The van der Waals surface area contributed by atoms with Crippen LogP contribution in [-0.4, -0.2) is 0 Å². The van der Waals surface area contributed by atoms with Gasteiger partial charge < -0.3 is 13.7 Å². The van der Waals surface area contributed by atoms with E-state index in [2.05, 4.69) is 120 Å². The van der Waals surface area contributed by atoms with Crippen LogP contribution in [0.5, 0.6) is 0 Å². The average Bonchev–Trinajstić information content (AvgIpc) is 3.59. The topological polar surface area (TPSA) is 29.5 Å². The molecule has 2 aromatic heterocycles. The number of hydrogen-bond donors (Lipinski definition) is 0. The largest absolute Gasteiger partial charge is 0.456 e. The summed E-state index contributed by atoms with van der Waals surface area (Å²) in [5.41, 5.74) is 6.66. The second-order valence-corrected chi connectivity index (χ2v) is 10.6. The Bertz CT molecular complexity index is 2330. The van der Waals surface area contributed by atoms with Crippen LogP contribution in [0.25, 0.3) is 65.4 Å². The van der Waals surface area contributed by atoms with E-state index in [-0.39, 0.29) is 0 Å². The highest BCUT2D eigenvalue weighted by Crippen LogP contribution is 2.43. The first-order valence-electron chi connectivity index (χ1n) is 13.9. The maximum absolute atomic E-state index is 6.33. The lowest BCUT2D eigenvalue weighted by Crippen LogP contribution is -2.10. The Kier molecular flexibility index (Phi) is 4.61. The van der Waals surface area contributed by atoms with Gasteiger partial charge in [-0.15, -0.1) is 0 Å². The fourth-order valence-corrected chi connectivity index (χ4v) is 6.35. The van der Waals surface area contributed by atoms with E-state index < -0.39 is 0 Å². The number of fused-ring (bicyclic) bond motifs is 9. The zero-order valence-electron chi connectivity index (χ0n) is 22.0. The third kappa shape index (κ3) is 3.33. The molecule has 0 fully saturated rings. The van der Waals surface area contributed by atoms with Gasteiger partial charge >= 0.3 is 0 Å². The highest BCUT2D eigenvalue weighted by atomic mass is 16.3. The van der Waals surface area contributed by atoms with Gasteiger partial charge in [0.2, 0.25) is 0 Å². The summed E-state index contributed by atoms with van der Waals surface area (Å²) < 4.78 is 12.7. The van der Waals surface area contributed by atoms with Crippen molar-refractivity contribution in [2.75, 3.05) is 4.90 Å². The molecule has 0 aliphatic carbocycles. The molecule has 192 valence electrons. The lowest BCUT2D eigenvalue weighted by molar-refractivity contribution is 0.669. The normalized spacial score (nSPS) is 11.9. The van der Waals surface area contributed by atoms with E-state index in [1.165, 1.54) is 21.5 Å². The Morgan fingerprint density at radius 3 is 1.51 bits per heavy atom. The number of anilines is 3. The first-order chi connectivity index (χ1) is 20.3. The first-order valence-corrected chi connectivity index (χ1v) is 13.9. The summed E-state index contributed by atoms with van der Waals surface area (Å²) in [4.78, 5) is 2.32. The van der Waals surface area contributed by atoms with Crippen LogP contribution in [0.3, 0.4) is 0 Å². The molecule has 0 radical (unpaired) electrons. The molecule has 3 nitrogen and oxygen atoms in total. The van der Waals surface area contributed by atoms with Gasteiger partial charge in [-0.3, -0.25) is 0 Å². The molecular weight excluding hydrogens is 502 g/mol. The second-order valence-electron chi connectivity index (χ2n) is 10.6. The molecule has 0 saturated carbocycles. The second kappa shape index (κ2) is 8.48. The van der Waals surface area contributed by atoms with E-state index in [1.807, 2.05) is 24.3 Å². The van der Waals surface area contributed by atoms with Crippen LogP contribution in [0.15, 0.2) is 148 Å². The summed E-state index contributed by atoms with van der Waals surface area (Å²) in [5.74, 6) is 0. The maximum atomic E-state index is 6.33. The lowest BCUT2D eigenvalue weighted by atomic mass is 9.99. The highest BCUT2D eigenvalue weighted by molar-refractivity contribution is 6.14. The van der Waals surface area contributed by atoms with E-state index in [1.54, 1.807) is 0 Å². The molecule has 41 heavy (non-hydrogen) atoms. The van der Waals surface area contributed by atoms with Gasteiger partial charge in [-0.1, -0.05) is 84.9 Å². The van der Waals surface area contributed by atoms with Gasteiger partial charge in [0.15, 0.2) is 0 Å². The van der Waals surface area contributed by atoms with Gasteiger partial charge in [-0.05, 0) is 58.6 Å². The Hall–Kier alpha value is -5.54. The summed E-state index contributed by atoms with van der Waals surface area (Å²) in [6, 6.07) is 49.0. The number of hydrogen-bond acceptors (Lipinski definition) is 3. The van der Waals surface area contributed by atoms with Crippen LogP contribution in [0.1, 0.15) is 0 Å². The maximum Gasteiger partial charge on any atom is 0.137 e. The predicted molar refractivity (Wildman–Crippen MR) is 171 cm³/mol. The summed E-state index contributed by atoms with van der Waals surface area (Å²) in [6.45, 7) is 0. The van der Waals surface area contributed by atoms with E-state index in [0.29, 0.717) is 0 Å². The smallest absolute Gasteiger partial charge is 0.137 e. The van der Waals surface area contributed by atoms with Crippen molar-refractivity contribution in [1.29, 1.82) is 0 Å². The predicted octanol–water partition coefficient (Wildman–Crippen LogP) is 11.3. The van der Waals surface area contributed by atoms with Crippen molar-refractivity contribution in [3.63, 3.8) is 0 Å². The number of benzene rings is 7. The van der Waals surface area contributed by atoms with Gasteiger partial charge in [-0.2, -0.15) is 0 Å². The SMILES string of the molecule is c1ccc2c(c1)ccc1c(N(c3ccc4c(c3)oc3ccccc34)c3ccc4c(c3)oc3ccccc34)cccc12. The molecule has 0 aliphatic rings. The third-order valence-corrected chi connectivity index (χ3v) is 8.25. The number of para-hydroxylation sites is 2. The molecule has 0 unspecified atom stereocenters. The zero-order chi connectivity index (χ0) is 26.9. The van der Waals surface area contributed by atoms with Crippen molar-refractivity contribution in [2.24, 2.45) is 0 Å². The van der Waals surface area contributed by atoms with Crippen molar-refractivity contribution < 1.29 is 8.83 Å². The van der Waals surface area contributed by atoms with Crippen molar-refractivity contribution >= 4 is 82.5 Å². The minimum atomic E-state index is 0.865. The Labute approximate surface area is 235 Å². The van der Waals surface area contributed by atoms with E-state index >= 15 is 0 Å². The molecule has 9 aromatic rings. The monoisotopic (exact) mass is 525 g/mol. The van der Waals surface area contributed by atoms with Gasteiger partial charge in [-0.25, -0.2) is 0 Å². The molecule has 0 N–H and O–H groups in total. The Morgan fingerprint density at radius 1 is 0.341 bits per heavy atom. The quantitative estimate of drug-likeness (QED) is 0.215. The van der Waals surface area contributed by atoms with Crippen LogP contribution < -0.4 is 4.90 Å². The van der Waals surface area contributed by atoms with Gasteiger partial charge in [0.1, 0.15) is 22.3 Å². The summed E-state index contributed by atoms with van der Waals surface area (Å²) >= 11 is 0. The molecular formula is C38H23NO2. The Balaban J connectivity index is 1.33. The molecule has 0 saturated heterocycles. The van der Waals surface area contributed by atoms with Gasteiger partial charge in [0, 0.05) is 50.4 Å². The number of nitrogens with zero attached hydrogens (tertiary/aromatic N) is 1. The van der Waals surface area contributed by atoms with Crippen LogP contribution in [0.2, 0.25) is 0 Å². The number of furan rings is 2. The minimum Gasteiger partial charge on any atom is -0.456 e. The molecule has 3 heteroatoms. The molecule has 0 amide bonds. The molecule has 0 atom stereocenters. The molecule has 2 heterocycles. The van der Waals surface area contributed by atoms with Gasteiger partial charge in [0.25, 0.3) is 0 Å². The van der Waals surface area contributed by atoms with Crippen molar-refractivity contribution in [1.82, 2.24) is 0 Å². The molecule has 0 spiro atoms. The fourth-order valence-electron chi connectivity index (χ4n) is 6.35. The first kappa shape index (κ1) is 22.3. The highest BCUT2D eigenvalue weighted by Gasteiger charge is 2.19. The van der Waals surface area contributed by atoms with E-state index in [9.17, 15) is 0 Å². The van der Waals surface area contributed by atoms with E-state index in [0.717, 1.165) is 60.9 Å². The summed E-state index contributed by atoms with van der Waals surface area (Å²) in [6.07, 6.45) is 0. The van der Waals surface area contributed by atoms with Crippen molar-refractivity contribution in [2.45, 2.75) is 0 Å². The molecule has 0 bridgehead atoms. The van der Waals surface area contributed by atoms with Crippen LogP contribution in [0, 0.1) is 0 Å². The van der Waals surface area contributed by atoms with Gasteiger partial charge in [0.05, 0.1) is 5.69 Å². The minimum absolute atomic E-state index is 0.865. The number of rotatable bonds is 3.